The Kier molecular flexibility index (Phi) is 8.23. The SMILES string of the molecule is CN=C(NCc1ccc(Cn2ccnc2)cc1)NCc1sc(C)nc1C.I. The van der Waals surface area contributed by atoms with Gasteiger partial charge in [-0.1, -0.05) is 24.3 Å². The van der Waals surface area contributed by atoms with Gasteiger partial charge in [-0.25, -0.2) is 9.97 Å². The number of halogens is 1. The Morgan fingerprint density at radius 2 is 1.81 bits per heavy atom. The predicted molar refractivity (Wildman–Crippen MR) is 122 cm³/mol. The Bertz CT molecular complexity index is 855. The van der Waals surface area contributed by atoms with Crippen LogP contribution in [-0.4, -0.2) is 27.5 Å². The van der Waals surface area contributed by atoms with Gasteiger partial charge in [0.05, 0.1) is 23.6 Å². The number of hydrogen-bond donors (Lipinski definition) is 2. The molecule has 0 saturated heterocycles. The van der Waals surface area contributed by atoms with Gasteiger partial charge >= 0.3 is 0 Å². The third-order valence-corrected chi connectivity index (χ3v) is 5.12. The summed E-state index contributed by atoms with van der Waals surface area (Å²) >= 11 is 1.72. The summed E-state index contributed by atoms with van der Waals surface area (Å²) in [6.45, 7) is 6.38. The molecule has 0 bridgehead atoms. The number of aromatic nitrogens is 3. The maximum absolute atomic E-state index is 4.46. The molecule has 0 aliphatic heterocycles. The first-order valence-electron chi connectivity index (χ1n) is 8.55. The molecule has 0 aliphatic rings. The summed E-state index contributed by atoms with van der Waals surface area (Å²) in [6, 6.07) is 8.58. The standard InChI is InChI=1S/C19H24N6S.HI/c1-14-18(26-15(2)24-14)11-23-19(20-3)22-10-16-4-6-17(7-5-16)12-25-9-8-21-13-25;/h4-9,13H,10-12H2,1-3H3,(H2,20,22,23);1H. The topological polar surface area (TPSA) is 67.1 Å². The van der Waals surface area contributed by atoms with Crippen molar-refractivity contribution < 1.29 is 0 Å². The summed E-state index contributed by atoms with van der Waals surface area (Å²) in [5, 5.41) is 7.80. The summed E-state index contributed by atoms with van der Waals surface area (Å²) < 4.78 is 2.06. The van der Waals surface area contributed by atoms with E-state index in [2.05, 4.69) is 54.4 Å². The lowest BCUT2D eigenvalue weighted by Gasteiger charge is -2.12. The van der Waals surface area contributed by atoms with Gasteiger partial charge in [0.2, 0.25) is 0 Å². The molecule has 3 aromatic rings. The first-order chi connectivity index (χ1) is 12.6. The molecule has 2 heterocycles. The third-order valence-electron chi connectivity index (χ3n) is 4.05. The van der Waals surface area contributed by atoms with Crippen molar-refractivity contribution in [1.29, 1.82) is 0 Å². The Morgan fingerprint density at radius 3 is 2.41 bits per heavy atom. The monoisotopic (exact) mass is 496 g/mol. The van der Waals surface area contributed by atoms with Gasteiger partial charge in [0, 0.05) is 37.4 Å². The molecule has 0 saturated carbocycles. The van der Waals surface area contributed by atoms with E-state index < -0.39 is 0 Å². The zero-order valence-corrected chi connectivity index (χ0v) is 18.9. The van der Waals surface area contributed by atoms with Crippen LogP contribution >= 0.6 is 35.3 Å². The zero-order chi connectivity index (χ0) is 18.4. The van der Waals surface area contributed by atoms with Crippen molar-refractivity contribution in [1.82, 2.24) is 25.2 Å². The third kappa shape index (κ3) is 6.31. The first-order valence-corrected chi connectivity index (χ1v) is 9.36. The van der Waals surface area contributed by atoms with Crippen molar-refractivity contribution in [3.63, 3.8) is 0 Å². The van der Waals surface area contributed by atoms with Gasteiger partial charge in [-0.2, -0.15) is 0 Å². The van der Waals surface area contributed by atoms with Crippen molar-refractivity contribution in [3.8, 4) is 0 Å². The van der Waals surface area contributed by atoms with Crippen molar-refractivity contribution in [2.24, 2.45) is 4.99 Å². The van der Waals surface area contributed by atoms with Crippen molar-refractivity contribution in [3.05, 3.63) is 69.7 Å². The van der Waals surface area contributed by atoms with Crippen LogP contribution in [0.5, 0.6) is 0 Å². The van der Waals surface area contributed by atoms with E-state index in [9.17, 15) is 0 Å². The van der Waals surface area contributed by atoms with Crippen LogP contribution in [-0.2, 0) is 19.6 Å². The minimum absolute atomic E-state index is 0. The van der Waals surface area contributed by atoms with E-state index in [0.717, 1.165) is 36.3 Å². The van der Waals surface area contributed by atoms with Crippen LogP contribution < -0.4 is 10.6 Å². The Hall–Kier alpha value is -1.94. The molecule has 0 unspecified atom stereocenters. The van der Waals surface area contributed by atoms with Crippen molar-refractivity contribution in [2.45, 2.75) is 33.5 Å². The largest absolute Gasteiger partial charge is 0.352 e. The summed E-state index contributed by atoms with van der Waals surface area (Å²) in [5.74, 6) is 0.790. The summed E-state index contributed by atoms with van der Waals surface area (Å²) in [7, 11) is 1.79. The molecule has 8 heteroatoms. The molecular formula is C19H25IN6S. The fourth-order valence-electron chi connectivity index (χ4n) is 2.66. The lowest BCUT2D eigenvalue weighted by atomic mass is 10.1. The highest BCUT2D eigenvalue weighted by molar-refractivity contribution is 14.0. The summed E-state index contributed by atoms with van der Waals surface area (Å²) in [4.78, 5) is 14.1. The van der Waals surface area contributed by atoms with Crippen LogP contribution in [0.3, 0.4) is 0 Å². The lowest BCUT2D eigenvalue weighted by molar-refractivity contribution is 0.792. The highest BCUT2D eigenvalue weighted by Crippen LogP contribution is 2.16. The highest BCUT2D eigenvalue weighted by atomic mass is 127. The molecule has 0 radical (unpaired) electrons. The average molecular weight is 496 g/mol. The van der Waals surface area contributed by atoms with Gasteiger partial charge in [0.15, 0.2) is 5.96 Å². The van der Waals surface area contributed by atoms with Gasteiger partial charge in [-0.3, -0.25) is 4.99 Å². The predicted octanol–water partition coefficient (Wildman–Crippen LogP) is 3.49. The number of imidazole rings is 1. The quantitative estimate of drug-likeness (QED) is 0.312. The Labute approximate surface area is 181 Å². The molecule has 2 aromatic heterocycles. The number of guanidine groups is 1. The molecule has 27 heavy (non-hydrogen) atoms. The number of benzene rings is 1. The van der Waals surface area contributed by atoms with E-state index in [4.69, 9.17) is 0 Å². The molecule has 144 valence electrons. The zero-order valence-electron chi connectivity index (χ0n) is 15.8. The van der Waals surface area contributed by atoms with Crippen LogP contribution in [0.1, 0.15) is 26.7 Å². The molecule has 0 amide bonds. The van der Waals surface area contributed by atoms with E-state index in [-0.39, 0.29) is 24.0 Å². The number of thiazole rings is 1. The van der Waals surface area contributed by atoms with Crippen molar-refractivity contribution >= 4 is 41.3 Å². The van der Waals surface area contributed by atoms with E-state index in [1.54, 1.807) is 24.6 Å². The maximum Gasteiger partial charge on any atom is 0.191 e. The van der Waals surface area contributed by atoms with E-state index >= 15 is 0 Å². The minimum Gasteiger partial charge on any atom is -0.352 e. The van der Waals surface area contributed by atoms with Crippen LogP contribution in [0.25, 0.3) is 0 Å². The van der Waals surface area contributed by atoms with Gasteiger partial charge in [-0.15, -0.1) is 35.3 Å². The van der Waals surface area contributed by atoms with Gasteiger partial charge in [0.25, 0.3) is 0 Å². The molecular weight excluding hydrogens is 471 g/mol. The molecule has 0 atom stereocenters. The summed E-state index contributed by atoms with van der Waals surface area (Å²) in [6.07, 6.45) is 5.60. The summed E-state index contributed by atoms with van der Waals surface area (Å²) in [5.41, 5.74) is 3.56. The van der Waals surface area contributed by atoms with E-state index in [1.165, 1.54) is 16.0 Å². The van der Waals surface area contributed by atoms with Crippen LogP contribution in [0.4, 0.5) is 0 Å². The normalized spacial score (nSPS) is 11.1. The molecule has 0 spiro atoms. The molecule has 0 fully saturated rings. The fourth-order valence-corrected chi connectivity index (χ4v) is 3.54. The molecule has 2 N–H and O–H groups in total. The van der Waals surface area contributed by atoms with Gasteiger partial charge in [0.1, 0.15) is 0 Å². The Morgan fingerprint density at radius 1 is 1.11 bits per heavy atom. The highest BCUT2D eigenvalue weighted by Gasteiger charge is 2.06. The number of nitrogens with one attached hydrogen (secondary N) is 2. The lowest BCUT2D eigenvalue weighted by Crippen LogP contribution is -2.36. The van der Waals surface area contributed by atoms with Crippen molar-refractivity contribution in [2.75, 3.05) is 7.05 Å². The average Bonchev–Trinajstić information content (AvgIpc) is 3.25. The molecule has 0 aliphatic carbocycles. The Balaban J connectivity index is 0.00000261. The number of rotatable bonds is 6. The smallest absolute Gasteiger partial charge is 0.191 e. The molecule has 3 rings (SSSR count). The number of aryl methyl sites for hydroxylation is 2. The maximum atomic E-state index is 4.46. The number of aliphatic imine (C=N–C) groups is 1. The molecule has 6 nitrogen and oxygen atoms in total. The van der Waals surface area contributed by atoms with Gasteiger partial charge in [-0.05, 0) is 25.0 Å². The number of nitrogens with zero attached hydrogens (tertiary/aromatic N) is 4. The van der Waals surface area contributed by atoms with Crippen LogP contribution in [0.15, 0.2) is 48.0 Å². The van der Waals surface area contributed by atoms with Crippen LogP contribution in [0.2, 0.25) is 0 Å². The second-order valence-corrected chi connectivity index (χ2v) is 7.36. The first kappa shape index (κ1) is 21.4. The fraction of sp³-hybridized carbons (Fsp3) is 0.316. The second-order valence-electron chi connectivity index (χ2n) is 6.07. The van der Waals surface area contributed by atoms with Crippen LogP contribution in [0, 0.1) is 13.8 Å². The van der Waals surface area contributed by atoms with E-state index in [1.807, 2.05) is 26.4 Å². The minimum atomic E-state index is 0. The van der Waals surface area contributed by atoms with E-state index in [0.29, 0.717) is 0 Å². The number of hydrogen-bond acceptors (Lipinski definition) is 4. The second kappa shape index (κ2) is 10.4. The molecule has 1 aromatic carbocycles. The van der Waals surface area contributed by atoms with Gasteiger partial charge < -0.3 is 15.2 Å².